The van der Waals surface area contributed by atoms with E-state index >= 15 is 0 Å². The van der Waals surface area contributed by atoms with Gasteiger partial charge in [0.05, 0.1) is 5.92 Å². The highest BCUT2D eigenvalue weighted by Gasteiger charge is 2.60. The van der Waals surface area contributed by atoms with Crippen molar-refractivity contribution in [3.63, 3.8) is 0 Å². The fraction of sp³-hybridized carbons (Fsp3) is 0.722. The van der Waals surface area contributed by atoms with E-state index in [0.717, 1.165) is 44.1 Å². The van der Waals surface area contributed by atoms with E-state index in [4.69, 9.17) is 9.47 Å². The molecule has 4 heteroatoms. The predicted octanol–water partition coefficient (Wildman–Crippen LogP) is 2.60. The Morgan fingerprint density at radius 2 is 2.18 bits per heavy atom. The summed E-state index contributed by atoms with van der Waals surface area (Å²) in [6.45, 7) is 3.41. The molecule has 22 heavy (non-hydrogen) atoms. The highest BCUT2D eigenvalue weighted by molar-refractivity contribution is 5.66. The Balaban J connectivity index is 2.31. The van der Waals surface area contributed by atoms with Crippen molar-refractivity contribution in [3.05, 3.63) is 11.6 Å². The molecule has 4 nitrogen and oxygen atoms in total. The van der Waals surface area contributed by atoms with Gasteiger partial charge in [0.2, 0.25) is 0 Å². The Morgan fingerprint density at radius 3 is 2.82 bits per heavy atom. The summed E-state index contributed by atoms with van der Waals surface area (Å²) in [6, 6.07) is 0. The Labute approximate surface area is 132 Å². The lowest BCUT2D eigenvalue weighted by Gasteiger charge is -2.56. The van der Waals surface area contributed by atoms with Gasteiger partial charge in [-0.3, -0.25) is 4.79 Å². The third-order valence-corrected chi connectivity index (χ3v) is 5.15. The van der Waals surface area contributed by atoms with Gasteiger partial charge >= 0.3 is 5.97 Å². The van der Waals surface area contributed by atoms with Crippen LogP contribution in [0.15, 0.2) is 11.6 Å². The summed E-state index contributed by atoms with van der Waals surface area (Å²) in [5.41, 5.74) is -0.533. The van der Waals surface area contributed by atoms with Crippen molar-refractivity contribution < 1.29 is 19.4 Å². The topological polar surface area (TPSA) is 55.8 Å². The summed E-state index contributed by atoms with van der Waals surface area (Å²) in [4.78, 5) is 10.8. The van der Waals surface area contributed by atoms with Crippen molar-refractivity contribution in [2.75, 3.05) is 13.7 Å². The number of hydrogen-bond acceptors (Lipinski definition) is 4. The number of esters is 1. The van der Waals surface area contributed by atoms with Crippen molar-refractivity contribution in [1.82, 2.24) is 0 Å². The lowest BCUT2D eigenvalue weighted by atomic mass is 9.57. The molecule has 0 aromatic carbocycles. The number of carbonyl (C=O) groups is 1. The number of allylic oxidation sites excluding steroid dienone is 1. The van der Waals surface area contributed by atoms with E-state index in [9.17, 15) is 9.90 Å². The molecule has 0 spiro atoms. The van der Waals surface area contributed by atoms with Crippen molar-refractivity contribution in [3.8, 4) is 11.8 Å². The maximum Gasteiger partial charge on any atom is 0.303 e. The first kappa shape index (κ1) is 17.1. The van der Waals surface area contributed by atoms with E-state index < -0.39 is 11.2 Å². The summed E-state index contributed by atoms with van der Waals surface area (Å²) >= 11 is 0. The summed E-state index contributed by atoms with van der Waals surface area (Å²) in [5, 5.41) is 11.6. The summed E-state index contributed by atoms with van der Waals surface area (Å²) < 4.78 is 10.7. The van der Waals surface area contributed by atoms with Crippen LogP contribution in [-0.4, -0.2) is 36.0 Å². The number of methoxy groups -OCH3 is 1. The zero-order valence-corrected chi connectivity index (χ0v) is 13.8. The van der Waals surface area contributed by atoms with Gasteiger partial charge in [-0.2, -0.15) is 0 Å². The predicted molar refractivity (Wildman–Crippen MR) is 84.0 cm³/mol. The van der Waals surface area contributed by atoms with Gasteiger partial charge in [0, 0.05) is 14.0 Å². The Morgan fingerprint density at radius 1 is 1.45 bits per heavy atom. The van der Waals surface area contributed by atoms with E-state index in [1.54, 1.807) is 7.11 Å². The maximum atomic E-state index is 11.6. The average Bonchev–Trinajstić information content (AvgIpc) is 2.50. The molecule has 122 valence electrons. The Bertz CT molecular complexity index is 509. The lowest BCUT2D eigenvalue weighted by Crippen LogP contribution is -2.64. The zero-order chi connectivity index (χ0) is 16.2. The second kappa shape index (κ2) is 6.85. The molecule has 1 N–H and O–H groups in total. The van der Waals surface area contributed by atoms with Crippen LogP contribution >= 0.6 is 0 Å². The minimum Gasteiger partial charge on any atom is -0.453 e. The number of hydrogen-bond donors (Lipinski definition) is 1. The van der Waals surface area contributed by atoms with Crippen LogP contribution in [0, 0.1) is 17.8 Å². The molecular formula is C18H26O4. The quantitative estimate of drug-likeness (QED) is 0.484. The standard InChI is InChI=1S/C18H26O4/c1-4-15-8-5-11-17(21-3)12-6-9-16(18(15,17)20)10-7-13-22-14(2)19/h4,16,20H,5-6,8-9,11-13H2,1-3H3/b15-4+/t16-,17+,18+/m0/s1. The molecule has 0 aromatic heterocycles. The number of ether oxygens (including phenoxy) is 2. The maximum absolute atomic E-state index is 11.6. The average molecular weight is 306 g/mol. The summed E-state index contributed by atoms with van der Waals surface area (Å²) in [5.74, 6) is 5.52. The van der Waals surface area contributed by atoms with Crippen LogP contribution in [0.5, 0.6) is 0 Å². The van der Waals surface area contributed by atoms with E-state index in [1.807, 2.05) is 13.0 Å². The van der Waals surface area contributed by atoms with Gasteiger partial charge in [-0.1, -0.05) is 17.9 Å². The van der Waals surface area contributed by atoms with Crippen molar-refractivity contribution in [2.45, 2.75) is 63.6 Å². The molecule has 2 fully saturated rings. The summed E-state index contributed by atoms with van der Waals surface area (Å²) in [7, 11) is 1.69. The van der Waals surface area contributed by atoms with Gasteiger partial charge in [-0.25, -0.2) is 0 Å². The monoisotopic (exact) mass is 306 g/mol. The van der Waals surface area contributed by atoms with Crippen LogP contribution in [0.25, 0.3) is 0 Å². The molecule has 0 saturated heterocycles. The largest absolute Gasteiger partial charge is 0.453 e. The number of carbonyl (C=O) groups excluding carboxylic acids is 1. The third-order valence-electron chi connectivity index (χ3n) is 5.15. The van der Waals surface area contributed by atoms with Crippen LogP contribution < -0.4 is 0 Å². The molecule has 2 aliphatic carbocycles. The molecule has 0 aromatic rings. The van der Waals surface area contributed by atoms with Gasteiger partial charge in [0.25, 0.3) is 0 Å². The van der Waals surface area contributed by atoms with E-state index in [1.165, 1.54) is 6.92 Å². The van der Waals surface area contributed by atoms with E-state index in [0.29, 0.717) is 0 Å². The molecule has 0 radical (unpaired) electrons. The number of rotatable bonds is 2. The van der Waals surface area contributed by atoms with E-state index in [-0.39, 0.29) is 18.5 Å². The van der Waals surface area contributed by atoms with Crippen LogP contribution in [0.2, 0.25) is 0 Å². The molecule has 0 heterocycles. The van der Waals surface area contributed by atoms with Gasteiger partial charge < -0.3 is 14.6 Å². The first-order valence-electron chi connectivity index (χ1n) is 8.05. The number of aliphatic hydroxyl groups is 1. The Kier molecular flexibility index (Phi) is 5.31. The molecule has 0 aliphatic heterocycles. The van der Waals surface area contributed by atoms with Gasteiger partial charge in [-0.05, 0) is 51.0 Å². The van der Waals surface area contributed by atoms with Crippen LogP contribution in [0.3, 0.4) is 0 Å². The van der Waals surface area contributed by atoms with Crippen molar-refractivity contribution in [2.24, 2.45) is 5.92 Å². The van der Waals surface area contributed by atoms with Gasteiger partial charge in [-0.15, -0.1) is 0 Å². The van der Waals surface area contributed by atoms with Crippen molar-refractivity contribution in [1.29, 1.82) is 0 Å². The lowest BCUT2D eigenvalue weighted by molar-refractivity contribution is -0.201. The highest BCUT2D eigenvalue weighted by Crippen LogP contribution is 2.53. The smallest absolute Gasteiger partial charge is 0.303 e. The molecule has 3 atom stereocenters. The van der Waals surface area contributed by atoms with Crippen LogP contribution in [-0.2, 0) is 14.3 Å². The minimum atomic E-state index is -1.03. The van der Waals surface area contributed by atoms with E-state index in [2.05, 4.69) is 11.8 Å². The van der Waals surface area contributed by atoms with Gasteiger partial charge in [0.1, 0.15) is 11.2 Å². The zero-order valence-electron chi connectivity index (χ0n) is 13.8. The minimum absolute atomic E-state index is 0.0765. The fourth-order valence-corrected chi connectivity index (χ4v) is 4.10. The summed E-state index contributed by atoms with van der Waals surface area (Å²) in [6.07, 6.45) is 7.48. The molecule has 0 unspecified atom stereocenters. The van der Waals surface area contributed by atoms with Crippen molar-refractivity contribution >= 4 is 5.97 Å². The van der Waals surface area contributed by atoms with Gasteiger partial charge in [0.15, 0.2) is 6.61 Å². The second-order valence-corrected chi connectivity index (χ2v) is 6.18. The molecule has 2 aliphatic rings. The third kappa shape index (κ3) is 2.80. The SMILES string of the molecule is C/C=C1\CCC[C@@]2(OC)CCC[C@@H](C#CCOC(C)=O)[C@]12O. The Hall–Kier alpha value is -1.31. The molecule has 2 rings (SSSR count). The number of fused-ring (bicyclic) bond motifs is 1. The first-order valence-corrected chi connectivity index (χ1v) is 8.05. The first-order chi connectivity index (χ1) is 10.5. The van der Waals surface area contributed by atoms with Crippen LogP contribution in [0.1, 0.15) is 52.4 Å². The normalized spacial score (nSPS) is 36.2. The highest BCUT2D eigenvalue weighted by atomic mass is 16.5. The van der Waals surface area contributed by atoms with Crippen LogP contribution in [0.4, 0.5) is 0 Å². The molecule has 0 bridgehead atoms. The molecule has 2 saturated carbocycles. The molecular weight excluding hydrogens is 280 g/mol. The second-order valence-electron chi connectivity index (χ2n) is 6.18. The molecule has 0 amide bonds. The fourth-order valence-electron chi connectivity index (χ4n) is 4.10.